The number of aryl methyl sites for hydroxylation is 2. The Bertz CT molecular complexity index is 674. The molecule has 1 aromatic rings. The highest BCUT2D eigenvalue weighted by molar-refractivity contribution is 6.10. The molecule has 0 fully saturated rings. The molecule has 4 nitrogen and oxygen atoms in total. The third-order valence-electron chi connectivity index (χ3n) is 4.88. The van der Waals surface area contributed by atoms with Gasteiger partial charge in [-0.05, 0) is 71.4 Å². The van der Waals surface area contributed by atoms with Crippen molar-refractivity contribution in [1.82, 2.24) is 5.32 Å². The van der Waals surface area contributed by atoms with E-state index in [0.29, 0.717) is 6.54 Å². The summed E-state index contributed by atoms with van der Waals surface area (Å²) in [6, 6.07) is 5.85. The van der Waals surface area contributed by atoms with Crippen LogP contribution in [-0.2, 0) is 9.59 Å². The number of hydrogen-bond donors (Lipinski definition) is 2. The van der Waals surface area contributed by atoms with Crippen molar-refractivity contribution in [2.45, 2.75) is 59.8 Å². The molecule has 4 heteroatoms. The van der Waals surface area contributed by atoms with E-state index in [0.717, 1.165) is 36.1 Å². The average molecular weight is 342 g/mol. The van der Waals surface area contributed by atoms with Crippen LogP contribution in [0.3, 0.4) is 0 Å². The van der Waals surface area contributed by atoms with Gasteiger partial charge >= 0.3 is 0 Å². The van der Waals surface area contributed by atoms with E-state index in [2.05, 4.69) is 16.7 Å². The van der Waals surface area contributed by atoms with E-state index < -0.39 is 5.41 Å². The van der Waals surface area contributed by atoms with Gasteiger partial charge < -0.3 is 10.6 Å². The predicted molar refractivity (Wildman–Crippen MR) is 103 cm³/mol. The first-order chi connectivity index (χ1) is 11.8. The molecule has 0 atom stereocenters. The lowest BCUT2D eigenvalue weighted by Crippen LogP contribution is -2.45. The number of amides is 2. The zero-order valence-corrected chi connectivity index (χ0v) is 15.9. The number of hydrogen-bond acceptors (Lipinski definition) is 2. The Morgan fingerprint density at radius 1 is 1.12 bits per heavy atom. The van der Waals surface area contributed by atoms with Crippen LogP contribution in [0.25, 0.3) is 0 Å². The molecule has 0 aromatic heterocycles. The van der Waals surface area contributed by atoms with Gasteiger partial charge in [0.15, 0.2) is 0 Å². The van der Waals surface area contributed by atoms with Gasteiger partial charge in [0.2, 0.25) is 11.8 Å². The third kappa shape index (κ3) is 5.18. The van der Waals surface area contributed by atoms with Gasteiger partial charge in [0.1, 0.15) is 5.41 Å². The van der Waals surface area contributed by atoms with E-state index in [-0.39, 0.29) is 11.8 Å². The van der Waals surface area contributed by atoms with Gasteiger partial charge in [-0.2, -0.15) is 0 Å². The Morgan fingerprint density at radius 3 is 2.52 bits per heavy atom. The van der Waals surface area contributed by atoms with Crippen LogP contribution in [0.4, 0.5) is 5.69 Å². The molecule has 0 spiro atoms. The maximum absolute atomic E-state index is 12.6. The van der Waals surface area contributed by atoms with Crippen molar-refractivity contribution in [3.8, 4) is 0 Å². The molecule has 0 saturated carbocycles. The number of carbonyl (C=O) groups excluding carboxylic acids is 2. The summed E-state index contributed by atoms with van der Waals surface area (Å²) < 4.78 is 0. The van der Waals surface area contributed by atoms with E-state index in [9.17, 15) is 9.59 Å². The first-order valence-corrected chi connectivity index (χ1v) is 9.15. The minimum Gasteiger partial charge on any atom is -0.355 e. The lowest BCUT2D eigenvalue weighted by atomic mass is 9.90. The van der Waals surface area contributed by atoms with E-state index in [4.69, 9.17) is 0 Å². The number of benzene rings is 1. The van der Waals surface area contributed by atoms with Crippen molar-refractivity contribution in [1.29, 1.82) is 0 Å². The van der Waals surface area contributed by atoms with Crippen LogP contribution in [-0.4, -0.2) is 18.4 Å². The smallest absolute Gasteiger partial charge is 0.239 e. The van der Waals surface area contributed by atoms with E-state index >= 15 is 0 Å². The summed E-state index contributed by atoms with van der Waals surface area (Å²) in [5.41, 5.74) is 3.20. The van der Waals surface area contributed by atoms with Gasteiger partial charge in [0.25, 0.3) is 0 Å². The molecule has 1 aliphatic rings. The van der Waals surface area contributed by atoms with Crippen molar-refractivity contribution < 1.29 is 9.59 Å². The highest BCUT2D eigenvalue weighted by Gasteiger charge is 2.36. The number of rotatable bonds is 6. The number of carbonyl (C=O) groups is 2. The van der Waals surface area contributed by atoms with Crippen LogP contribution in [0.2, 0.25) is 0 Å². The van der Waals surface area contributed by atoms with Crippen molar-refractivity contribution in [3.63, 3.8) is 0 Å². The summed E-state index contributed by atoms with van der Waals surface area (Å²) in [6.07, 6.45) is 7.94. The quantitative estimate of drug-likeness (QED) is 0.599. The largest absolute Gasteiger partial charge is 0.355 e. The monoisotopic (exact) mass is 342 g/mol. The zero-order valence-electron chi connectivity index (χ0n) is 15.9. The van der Waals surface area contributed by atoms with Crippen molar-refractivity contribution in [2.24, 2.45) is 5.41 Å². The average Bonchev–Trinajstić information content (AvgIpc) is 2.58. The maximum Gasteiger partial charge on any atom is 0.239 e. The van der Waals surface area contributed by atoms with E-state index in [1.165, 1.54) is 18.4 Å². The molecule has 2 N–H and O–H groups in total. The molecule has 0 aliphatic heterocycles. The molecular weight excluding hydrogens is 312 g/mol. The molecule has 0 unspecified atom stereocenters. The molecule has 2 rings (SSSR count). The predicted octanol–water partition coefficient (Wildman–Crippen LogP) is 4.27. The molecule has 1 aromatic carbocycles. The Balaban J connectivity index is 1.90. The Labute approximate surface area is 151 Å². The summed E-state index contributed by atoms with van der Waals surface area (Å²) in [7, 11) is 0. The fraction of sp³-hybridized carbons (Fsp3) is 0.524. The standard InChI is InChI=1S/C21H30N2O2/c1-15-10-11-18(16(2)14-15)23-20(25)21(3,4)19(24)22-13-12-17-8-6-5-7-9-17/h8,10-11,14H,5-7,9,12-13H2,1-4H3,(H,22,24)(H,23,25). The maximum atomic E-state index is 12.6. The Hall–Kier alpha value is -2.10. The lowest BCUT2D eigenvalue weighted by molar-refractivity contribution is -0.138. The fourth-order valence-corrected chi connectivity index (χ4v) is 3.02. The van der Waals surface area contributed by atoms with Crippen LogP contribution >= 0.6 is 0 Å². The first kappa shape index (κ1) is 19.2. The normalized spacial score (nSPS) is 14.6. The molecule has 1 aliphatic carbocycles. The second-order valence-electron chi connectivity index (χ2n) is 7.51. The van der Waals surface area contributed by atoms with Crippen LogP contribution in [0.15, 0.2) is 29.8 Å². The highest BCUT2D eigenvalue weighted by atomic mass is 16.2. The molecular formula is C21H30N2O2. The van der Waals surface area contributed by atoms with Gasteiger partial charge in [0.05, 0.1) is 0 Å². The Kier molecular flexibility index (Phi) is 6.40. The number of nitrogens with one attached hydrogen (secondary N) is 2. The summed E-state index contributed by atoms with van der Waals surface area (Å²) in [4.78, 5) is 25.1. The molecule has 136 valence electrons. The minimum atomic E-state index is -1.11. The molecule has 0 radical (unpaired) electrons. The van der Waals surface area contributed by atoms with Crippen LogP contribution in [0.5, 0.6) is 0 Å². The van der Waals surface area contributed by atoms with E-state index in [1.54, 1.807) is 13.8 Å². The van der Waals surface area contributed by atoms with Gasteiger partial charge in [-0.1, -0.05) is 29.3 Å². The summed E-state index contributed by atoms with van der Waals surface area (Å²) in [5, 5.41) is 5.81. The second-order valence-corrected chi connectivity index (χ2v) is 7.51. The van der Waals surface area contributed by atoms with Gasteiger partial charge in [0, 0.05) is 12.2 Å². The Morgan fingerprint density at radius 2 is 1.88 bits per heavy atom. The van der Waals surface area contributed by atoms with Gasteiger partial charge in [-0.15, -0.1) is 0 Å². The molecule has 25 heavy (non-hydrogen) atoms. The topological polar surface area (TPSA) is 58.2 Å². The van der Waals surface area contributed by atoms with Gasteiger partial charge in [-0.3, -0.25) is 9.59 Å². The minimum absolute atomic E-state index is 0.230. The fourth-order valence-electron chi connectivity index (χ4n) is 3.02. The third-order valence-corrected chi connectivity index (χ3v) is 4.88. The molecule has 0 heterocycles. The number of allylic oxidation sites excluding steroid dienone is 1. The van der Waals surface area contributed by atoms with Gasteiger partial charge in [-0.25, -0.2) is 0 Å². The van der Waals surface area contributed by atoms with Crippen LogP contribution < -0.4 is 10.6 Å². The summed E-state index contributed by atoms with van der Waals surface area (Å²) in [6.45, 7) is 7.89. The van der Waals surface area contributed by atoms with E-state index in [1.807, 2.05) is 32.0 Å². The van der Waals surface area contributed by atoms with Crippen LogP contribution in [0, 0.1) is 19.3 Å². The lowest BCUT2D eigenvalue weighted by Gasteiger charge is -2.23. The summed E-state index contributed by atoms with van der Waals surface area (Å²) >= 11 is 0. The molecule has 2 amide bonds. The highest BCUT2D eigenvalue weighted by Crippen LogP contribution is 2.23. The molecule has 0 bridgehead atoms. The van der Waals surface area contributed by atoms with Crippen molar-refractivity contribution in [2.75, 3.05) is 11.9 Å². The van der Waals surface area contributed by atoms with Crippen molar-refractivity contribution >= 4 is 17.5 Å². The first-order valence-electron chi connectivity index (χ1n) is 9.15. The second kappa shape index (κ2) is 8.32. The molecule has 0 saturated heterocycles. The van der Waals surface area contributed by atoms with Crippen molar-refractivity contribution in [3.05, 3.63) is 41.0 Å². The van der Waals surface area contributed by atoms with Crippen LogP contribution in [0.1, 0.15) is 57.1 Å². The summed E-state index contributed by atoms with van der Waals surface area (Å²) in [5.74, 6) is -0.514. The SMILES string of the molecule is Cc1ccc(NC(=O)C(C)(C)C(=O)NCCC2=CCCCC2)c(C)c1. The zero-order chi connectivity index (χ0) is 18.4. The number of anilines is 1.